The summed E-state index contributed by atoms with van der Waals surface area (Å²) in [6.07, 6.45) is 0.903. The maximum atomic E-state index is 13.6. The van der Waals surface area contributed by atoms with Gasteiger partial charge in [-0.15, -0.1) is 0 Å². The summed E-state index contributed by atoms with van der Waals surface area (Å²) in [7, 11) is 2.99. The average molecular weight is 448 g/mol. The maximum absolute atomic E-state index is 13.6. The minimum absolute atomic E-state index is 0.0177. The number of methoxy groups -OCH3 is 2. The molecular weight excluding hydrogens is 424 g/mol. The molecule has 0 fully saturated rings. The quantitative estimate of drug-likeness (QED) is 0.539. The van der Waals surface area contributed by atoms with Gasteiger partial charge in [-0.2, -0.15) is 0 Å². The van der Waals surface area contributed by atoms with Gasteiger partial charge in [-0.1, -0.05) is 17.3 Å². The summed E-state index contributed by atoms with van der Waals surface area (Å²) in [6, 6.07) is 10.3. The Labute approximate surface area is 190 Å². The molecule has 1 aliphatic carbocycles. The molecule has 170 valence electrons. The number of aromatic hydroxyl groups is 2. The van der Waals surface area contributed by atoms with Crippen molar-refractivity contribution in [2.24, 2.45) is 0 Å². The highest BCUT2D eigenvalue weighted by molar-refractivity contribution is 6.01. The minimum Gasteiger partial charge on any atom is -0.504 e. The molecule has 8 heteroatoms. The molecule has 2 aliphatic rings. The topological polar surface area (TPSA) is 114 Å². The summed E-state index contributed by atoms with van der Waals surface area (Å²) in [4.78, 5) is 13.6. The van der Waals surface area contributed by atoms with Crippen molar-refractivity contribution < 1.29 is 29.0 Å². The van der Waals surface area contributed by atoms with Crippen LogP contribution in [0.2, 0.25) is 0 Å². The summed E-state index contributed by atoms with van der Waals surface area (Å²) in [5.74, 6) is 0.854. The number of aromatic nitrogens is 1. The van der Waals surface area contributed by atoms with E-state index in [1.807, 2.05) is 13.0 Å². The number of anilines is 1. The number of Topliss-reactive ketones (excluding diaryl/α,β-unsaturated/α-hetero) is 1. The molecule has 0 saturated heterocycles. The van der Waals surface area contributed by atoms with Crippen LogP contribution in [0.5, 0.6) is 23.0 Å². The zero-order valence-corrected chi connectivity index (χ0v) is 18.5. The Hall–Kier alpha value is -3.94. The predicted octanol–water partition coefficient (Wildman–Crippen LogP) is 4.37. The third-order valence-electron chi connectivity index (χ3n) is 6.47. The first-order valence-corrected chi connectivity index (χ1v) is 10.6. The van der Waals surface area contributed by atoms with Crippen molar-refractivity contribution in [3.05, 3.63) is 70.1 Å². The number of ether oxygens (including phenoxy) is 2. The van der Waals surface area contributed by atoms with E-state index < -0.39 is 0 Å². The van der Waals surface area contributed by atoms with Crippen LogP contribution in [0.1, 0.15) is 47.1 Å². The summed E-state index contributed by atoms with van der Waals surface area (Å²) in [6.45, 7) is 1.85. The normalized spacial score (nSPS) is 19.5. The van der Waals surface area contributed by atoms with Gasteiger partial charge in [0, 0.05) is 23.6 Å². The first-order valence-electron chi connectivity index (χ1n) is 10.6. The standard InChI is InChI=1S/C25H24N2O6/c1-12-22-23(14-5-7-18(29)21(11-14)32-3)24-16(26-25(22)33-27-12)8-15(9-19(24)30)13-4-6-17(28)20(10-13)31-2/h4-7,10-11,15,23,26,28-29H,8-9H2,1-3H3. The zero-order chi connectivity index (χ0) is 23.3. The number of phenolic OH excluding ortho intramolecular Hbond substituents is 2. The number of fused-ring (bicyclic) bond motifs is 1. The van der Waals surface area contributed by atoms with E-state index >= 15 is 0 Å². The smallest absolute Gasteiger partial charge is 0.233 e. The van der Waals surface area contributed by atoms with Gasteiger partial charge in [0.1, 0.15) is 0 Å². The number of hydrogen-bond donors (Lipinski definition) is 3. The lowest BCUT2D eigenvalue weighted by Gasteiger charge is -2.34. The fourth-order valence-electron chi connectivity index (χ4n) is 4.86. The van der Waals surface area contributed by atoms with E-state index in [4.69, 9.17) is 14.0 Å². The molecule has 3 N–H and O–H groups in total. The van der Waals surface area contributed by atoms with Crippen LogP contribution in [0.3, 0.4) is 0 Å². The summed E-state index contributed by atoms with van der Waals surface area (Å²) >= 11 is 0. The number of carbonyl (C=O) groups is 1. The zero-order valence-electron chi connectivity index (χ0n) is 18.5. The SMILES string of the molecule is COc1cc(C2CC(=O)C3=C(C2)Nc2onc(C)c2C3c2ccc(O)c(OC)c2)ccc1O. The van der Waals surface area contributed by atoms with Crippen LogP contribution >= 0.6 is 0 Å². The summed E-state index contributed by atoms with van der Waals surface area (Å²) in [5.41, 5.74) is 4.67. The number of aryl methyl sites for hydroxylation is 1. The van der Waals surface area contributed by atoms with Gasteiger partial charge in [0.15, 0.2) is 28.8 Å². The first-order chi connectivity index (χ1) is 15.9. The highest BCUT2D eigenvalue weighted by Crippen LogP contribution is 2.50. The van der Waals surface area contributed by atoms with Gasteiger partial charge >= 0.3 is 0 Å². The molecule has 2 heterocycles. The molecule has 8 nitrogen and oxygen atoms in total. The maximum Gasteiger partial charge on any atom is 0.233 e. The lowest BCUT2D eigenvalue weighted by atomic mass is 9.72. The molecule has 0 saturated carbocycles. The van der Waals surface area contributed by atoms with Gasteiger partial charge in [-0.05, 0) is 54.7 Å². The highest BCUT2D eigenvalue weighted by Gasteiger charge is 2.41. The Balaban J connectivity index is 1.61. The molecule has 1 aromatic heterocycles. The monoisotopic (exact) mass is 448 g/mol. The van der Waals surface area contributed by atoms with Gasteiger partial charge in [-0.25, -0.2) is 0 Å². The van der Waals surface area contributed by atoms with Gasteiger partial charge in [0.25, 0.3) is 0 Å². The molecule has 3 aromatic rings. The Morgan fingerprint density at radius 3 is 2.30 bits per heavy atom. The number of ketones is 1. The fourth-order valence-corrected chi connectivity index (χ4v) is 4.86. The largest absolute Gasteiger partial charge is 0.504 e. The molecule has 1 aliphatic heterocycles. The Bertz CT molecular complexity index is 1290. The molecule has 33 heavy (non-hydrogen) atoms. The number of rotatable bonds is 4. The van der Waals surface area contributed by atoms with Crippen molar-refractivity contribution in [2.45, 2.75) is 31.6 Å². The average Bonchev–Trinajstić information content (AvgIpc) is 3.18. The van der Waals surface area contributed by atoms with Crippen molar-refractivity contribution in [1.29, 1.82) is 0 Å². The molecule has 2 unspecified atom stereocenters. The molecule has 0 bridgehead atoms. The molecule has 2 aromatic carbocycles. The molecular formula is C25H24N2O6. The number of nitrogens with zero attached hydrogens (tertiary/aromatic N) is 1. The van der Waals surface area contributed by atoms with Crippen LogP contribution in [0.15, 0.2) is 52.2 Å². The second-order valence-electron chi connectivity index (χ2n) is 8.35. The number of allylic oxidation sites excluding steroid dienone is 2. The van der Waals surface area contributed by atoms with Crippen LogP contribution in [0.4, 0.5) is 5.88 Å². The van der Waals surface area contributed by atoms with Crippen LogP contribution in [-0.2, 0) is 4.79 Å². The Kier molecular flexibility index (Phi) is 5.00. The van der Waals surface area contributed by atoms with E-state index in [1.54, 1.807) is 30.3 Å². The van der Waals surface area contributed by atoms with Gasteiger partial charge < -0.3 is 29.5 Å². The van der Waals surface area contributed by atoms with E-state index in [1.165, 1.54) is 14.2 Å². The minimum atomic E-state index is -0.389. The second kappa shape index (κ2) is 7.88. The summed E-state index contributed by atoms with van der Waals surface area (Å²) < 4.78 is 16.1. The van der Waals surface area contributed by atoms with E-state index in [2.05, 4.69) is 10.5 Å². The van der Waals surface area contributed by atoms with Crippen LogP contribution in [0.25, 0.3) is 0 Å². The van der Waals surface area contributed by atoms with Crippen LogP contribution < -0.4 is 14.8 Å². The second-order valence-corrected chi connectivity index (χ2v) is 8.35. The molecule has 5 rings (SSSR count). The first kappa shape index (κ1) is 20.9. The number of phenols is 2. The number of carbonyl (C=O) groups excluding carboxylic acids is 1. The van der Waals surface area contributed by atoms with Crippen molar-refractivity contribution in [3.8, 4) is 23.0 Å². The van der Waals surface area contributed by atoms with Crippen molar-refractivity contribution in [2.75, 3.05) is 19.5 Å². The van der Waals surface area contributed by atoms with Crippen LogP contribution in [0, 0.1) is 6.92 Å². The van der Waals surface area contributed by atoms with Crippen LogP contribution in [-0.4, -0.2) is 35.4 Å². The van der Waals surface area contributed by atoms with Gasteiger partial charge in [0.2, 0.25) is 5.88 Å². The highest BCUT2D eigenvalue weighted by atomic mass is 16.5. The molecule has 2 atom stereocenters. The number of benzene rings is 2. The third-order valence-corrected chi connectivity index (χ3v) is 6.47. The van der Waals surface area contributed by atoms with Crippen molar-refractivity contribution >= 4 is 11.7 Å². The lowest BCUT2D eigenvalue weighted by molar-refractivity contribution is -0.116. The predicted molar refractivity (Wildman–Crippen MR) is 120 cm³/mol. The van der Waals surface area contributed by atoms with E-state index in [0.717, 1.165) is 22.4 Å². The Morgan fingerprint density at radius 2 is 1.64 bits per heavy atom. The van der Waals surface area contributed by atoms with E-state index in [-0.39, 0.29) is 29.1 Å². The fraction of sp³-hybridized carbons (Fsp3) is 0.280. The van der Waals surface area contributed by atoms with Crippen molar-refractivity contribution in [1.82, 2.24) is 5.16 Å². The molecule has 0 amide bonds. The summed E-state index contributed by atoms with van der Waals surface area (Å²) in [5, 5.41) is 27.4. The lowest BCUT2D eigenvalue weighted by Crippen LogP contribution is -2.29. The Morgan fingerprint density at radius 1 is 1.00 bits per heavy atom. The molecule has 0 spiro atoms. The van der Waals surface area contributed by atoms with E-state index in [9.17, 15) is 15.0 Å². The van der Waals surface area contributed by atoms with Crippen molar-refractivity contribution in [3.63, 3.8) is 0 Å². The number of nitrogens with one attached hydrogen (secondary N) is 1. The number of hydrogen-bond acceptors (Lipinski definition) is 8. The molecule has 0 radical (unpaired) electrons. The van der Waals surface area contributed by atoms with Gasteiger partial charge in [0.05, 0.1) is 25.5 Å². The van der Waals surface area contributed by atoms with Gasteiger partial charge in [-0.3, -0.25) is 4.79 Å². The van der Waals surface area contributed by atoms with E-state index in [0.29, 0.717) is 41.5 Å². The third kappa shape index (κ3) is 3.38.